The molecule has 1 fully saturated rings. The van der Waals surface area contributed by atoms with Crippen molar-refractivity contribution in [1.82, 2.24) is 20.0 Å². The fourth-order valence-corrected chi connectivity index (χ4v) is 4.68. The molecule has 1 N–H and O–H groups in total. The van der Waals surface area contributed by atoms with Crippen LogP contribution in [-0.2, 0) is 16.1 Å². The van der Waals surface area contributed by atoms with E-state index in [4.69, 9.17) is 0 Å². The Labute approximate surface area is 206 Å². The highest BCUT2D eigenvalue weighted by Crippen LogP contribution is 2.27. The minimum absolute atomic E-state index is 0.0114. The molecule has 1 aromatic heterocycles. The highest BCUT2D eigenvalue weighted by molar-refractivity contribution is 5.89. The maximum Gasteiger partial charge on any atom is 0.245 e. The van der Waals surface area contributed by atoms with Gasteiger partial charge in [-0.05, 0) is 42.5 Å². The van der Waals surface area contributed by atoms with Gasteiger partial charge in [-0.15, -0.1) is 0 Å². The van der Waals surface area contributed by atoms with E-state index in [2.05, 4.69) is 36.4 Å². The molecule has 35 heavy (non-hydrogen) atoms. The van der Waals surface area contributed by atoms with E-state index < -0.39 is 18.3 Å². The number of rotatable bonds is 7. The van der Waals surface area contributed by atoms with Crippen LogP contribution in [0, 0.1) is 13.8 Å². The number of halogens is 1. The van der Waals surface area contributed by atoms with Crippen LogP contribution in [0.15, 0.2) is 60.7 Å². The van der Waals surface area contributed by atoms with Gasteiger partial charge in [-0.2, -0.15) is 5.10 Å². The van der Waals surface area contributed by atoms with E-state index in [-0.39, 0.29) is 31.3 Å². The number of carbonyl (C=O) groups excluding carboxylic acids is 2. The molecule has 0 unspecified atom stereocenters. The molecule has 2 heterocycles. The van der Waals surface area contributed by atoms with Crippen LogP contribution in [0.1, 0.15) is 60.3 Å². The van der Waals surface area contributed by atoms with Crippen molar-refractivity contribution >= 4 is 11.8 Å². The van der Waals surface area contributed by atoms with Gasteiger partial charge < -0.3 is 10.2 Å². The number of carbonyl (C=O) groups is 2. The largest absolute Gasteiger partial charge is 0.343 e. The Morgan fingerprint density at radius 1 is 1.03 bits per heavy atom. The highest BCUT2D eigenvalue weighted by atomic mass is 19.1. The molecule has 2 aromatic carbocycles. The van der Waals surface area contributed by atoms with Crippen LogP contribution in [-0.4, -0.2) is 45.3 Å². The molecule has 0 saturated carbocycles. The number of hydrogen-bond acceptors (Lipinski definition) is 3. The van der Waals surface area contributed by atoms with E-state index in [1.54, 1.807) is 4.68 Å². The van der Waals surface area contributed by atoms with E-state index in [1.807, 2.05) is 62.4 Å². The Morgan fingerprint density at radius 2 is 1.66 bits per heavy atom. The molecule has 4 rings (SSSR count). The lowest BCUT2D eigenvalue weighted by Crippen LogP contribution is -2.48. The van der Waals surface area contributed by atoms with Gasteiger partial charge >= 0.3 is 0 Å². The van der Waals surface area contributed by atoms with Crippen LogP contribution < -0.4 is 5.32 Å². The molecule has 1 aliphatic rings. The maximum atomic E-state index is 14.5. The zero-order valence-electron chi connectivity index (χ0n) is 20.7. The predicted octanol–water partition coefficient (Wildman–Crippen LogP) is 4.47. The molecule has 6 nitrogen and oxygen atoms in total. The smallest absolute Gasteiger partial charge is 0.245 e. The Bertz CT molecular complexity index is 1170. The third-order valence-corrected chi connectivity index (χ3v) is 6.62. The zero-order valence-corrected chi connectivity index (χ0v) is 20.7. The molecule has 184 valence electrons. The normalized spacial score (nSPS) is 18.6. The summed E-state index contributed by atoms with van der Waals surface area (Å²) < 4.78 is 16.1. The van der Waals surface area contributed by atoms with Gasteiger partial charge in [-0.1, -0.05) is 68.4 Å². The number of likely N-dealkylation sites (tertiary alicyclic amines) is 1. The second-order valence-corrected chi connectivity index (χ2v) is 9.65. The summed E-state index contributed by atoms with van der Waals surface area (Å²) in [6.07, 6.45) is -1.25. The number of benzene rings is 2. The number of hydrogen-bond donors (Lipinski definition) is 1. The maximum absolute atomic E-state index is 14.5. The summed E-state index contributed by atoms with van der Waals surface area (Å²) in [6.45, 7) is 7.89. The van der Waals surface area contributed by atoms with Gasteiger partial charge in [0, 0.05) is 12.1 Å². The first-order chi connectivity index (χ1) is 16.7. The summed E-state index contributed by atoms with van der Waals surface area (Å²) in [5.74, 6) is -0.265. The molecule has 3 aromatic rings. The molecule has 0 aliphatic carbocycles. The summed E-state index contributed by atoms with van der Waals surface area (Å²) in [7, 11) is 0. The summed E-state index contributed by atoms with van der Waals surface area (Å²) in [4.78, 5) is 27.9. The standard InChI is InChI=1S/C28H33FN4O2/c1-18(2)21-10-12-23(13-11-21)27(22-8-6-5-7-9-22)30-28(35)25-15-24(29)16-32(25)26(34)17-33-20(4)14-19(3)31-33/h5-14,18,24-25,27H,15-17H2,1-4H3,(H,30,35)/t24-,25+,27+/m1/s1. The fraction of sp³-hybridized carbons (Fsp3) is 0.393. The molecule has 2 amide bonds. The van der Waals surface area contributed by atoms with Crippen LogP contribution in [0.2, 0.25) is 0 Å². The van der Waals surface area contributed by atoms with Crippen LogP contribution in [0.25, 0.3) is 0 Å². The monoisotopic (exact) mass is 476 g/mol. The van der Waals surface area contributed by atoms with Crippen molar-refractivity contribution in [3.8, 4) is 0 Å². The van der Waals surface area contributed by atoms with E-state index in [0.29, 0.717) is 5.92 Å². The fourth-order valence-electron chi connectivity index (χ4n) is 4.68. The summed E-state index contributed by atoms with van der Waals surface area (Å²) >= 11 is 0. The number of nitrogens with one attached hydrogen (secondary N) is 1. The van der Waals surface area contributed by atoms with E-state index in [0.717, 1.165) is 22.5 Å². The van der Waals surface area contributed by atoms with Crippen molar-refractivity contribution in [2.45, 2.75) is 64.8 Å². The van der Waals surface area contributed by atoms with Crippen molar-refractivity contribution in [2.24, 2.45) is 0 Å². The van der Waals surface area contributed by atoms with Gasteiger partial charge in [0.25, 0.3) is 0 Å². The summed E-state index contributed by atoms with van der Waals surface area (Å²) in [5, 5.41) is 7.44. The Kier molecular flexibility index (Phi) is 7.34. The van der Waals surface area contributed by atoms with Gasteiger partial charge in [0.05, 0.1) is 18.3 Å². The Morgan fingerprint density at radius 3 is 2.26 bits per heavy atom. The molecule has 1 aliphatic heterocycles. The summed E-state index contributed by atoms with van der Waals surface area (Å²) in [6, 6.07) is 18.5. The van der Waals surface area contributed by atoms with Crippen LogP contribution >= 0.6 is 0 Å². The molecular weight excluding hydrogens is 443 g/mol. The lowest BCUT2D eigenvalue weighted by molar-refractivity contribution is -0.139. The SMILES string of the molecule is Cc1cc(C)n(CC(=O)N2C[C@H](F)C[C@H]2C(=O)N[C@@H](c2ccccc2)c2ccc(C(C)C)cc2)n1. The second-order valence-electron chi connectivity index (χ2n) is 9.65. The van der Waals surface area contributed by atoms with Crippen molar-refractivity contribution in [3.63, 3.8) is 0 Å². The lowest BCUT2D eigenvalue weighted by Gasteiger charge is -2.27. The average molecular weight is 477 g/mol. The van der Waals surface area contributed by atoms with Crippen molar-refractivity contribution in [3.05, 3.63) is 88.7 Å². The number of aryl methyl sites for hydroxylation is 2. The number of nitrogens with zero attached hydrogens (tertiary/aromatic N) is 3. The lowest BCUT2D eigenvalue weighted by atomic mass is 9.95. The first kappa shape index (κ1) is 24.6. The average Bonchev–Trinajstić information content (AvgIpc) is 3.39. The molecule has 0 spiro atoms. The van der Waals surface area contributed by atoms with E-state index in [1.165, 1.54) is 10.5 Å². The van der Waals surface area contributed by atoms with Gasteiger partial charge in [-0.25, -0.2) is 4.39 Å². The van der Waals surface area contributed by atoms with E-state index >= 15 is 0 Å². The van der Waals surface area contributed by atoms with E-state index in [9.17, 15) is 14.0 Å². The predicted molar refractivity (Wildman–Crippen MR) is 134 cm³/mol. The zero-order chi connectivity index (χ0) is 25.1. The summed E-state index contributed by atoms with van der Waals surface area (Å²) in [5.41, 5.74) is 4.73. The molecule has 7 heteroatoms. The van der Waals surface area contributed by atoms with Gasteiger partial charge in [0.1, 0.15) is 18.8 Å². The molecule has 0 bridgehead atoms. The third kappa shape index (κ3) is 5.61. The van der Waals surface area contributed by atoms with Crippen molar-refractivity contribution < 1.29 is 14.0 Å². The van der Waals surface area contributed by atoms with Gasteiger partial charge in [0.15, 0.2) is 0 Å². The van der Waals surface area contributed by atoms with Crippen LogP contribution in [0.3, 0.4) is 0 Å². The van der Waals surface area contributed by atoms with Gasteiger partial charge in [-0.3, -0.25) is 14.3 Å². The molecule has 1 saturated heterocycles. The molecule has 0 radical (unpaired) electrons. The topological polar surface area (TPSA) is 67.2 Å². The molecule has 3 atom stereocenters. The second kappa shape index (κ2) is 10.4. The van der Waals surface area contributed by atoms with Crippen molar-refractivity contribution in [2.75, 3.05) is 6.54 Å². The Balaban J connectivity index is 1.56. The minimum atomic E-state index is -1.24. The van der Waals surface area contributed by atoms with Crippen LogP contribution in [0.5, 0.6) is 0 Å². The highest BCUT2D eigenvalue weighted by Gasteiger charge is 2.40. The third-order valence-electron chi connectivity index (χ3n) is 6.62. The number of amides is 2. The first-order valence-corrected chi connectivity index (χ1v) is 12.1. The minimum Gasteiger partial charge on any atom is -0.343 e. The van der Waals surface area contributed by atoms with Gasteiger partial charge in [0.2, 0.25) is 11.8 Å². The first-order valence-electron chi connectivity index (χ1n) is 12.1. The Hall–Kier alpha value is -3.48. The van der Waals surface area contributed by atoms with Crippen LogP contribution in [0.4, 0.5) is 4.39 Å². The number of alkyl halides is 1. The number of aromatic nitrogens is 2. The van der Waals surface area contributed by atoms with Crippen molar-refractivity contribution in [1.29, 1.82) is 0 Å². The molecular formula is C28H33FN4O2. The quantitative estimate of drug-likeness (QED) is 0.547.